The zero-order valence-electron chi connectivity index (χ0n) is 14.6. The highest BCUT2D eigenvalue weighted by molar-refractivity contribution is 7.92. The van der Waals surface area contributed by atoms with Gasteiger partial charge in [-0.05, 0) is 23.8 Å². The smallest absolute Gasteiger partial charge is 0.279 e. The first kappa shape index (κ1) is 17.7. The molecule has 0 amide bonds. The number of nitrogens with zero attached hydrogens (tertiary/aromatic N) is 2. The molecule has 7 nitrogen and oxygen atoms in total. The van der Waals surface area contributed by atoms with Crippen LogP contribution < -0.4 is 14.2 Å². The molecule has 1 aliphatic heterocycles. The minimum atomic E-state index is -3.90. The van der Waals surface area contributed by atoms with E-state index in [0.29, 0.717) is 40.1 Å². The molecule has 0 bridgehead atoms. The maximum Gasteiger partial charge on any atom is 0.279 e. The molecule has 0 aliphatic carbocycles. The number of halogens is 1. The first-order valence-corrected chi connectivity index (χ1v) is 9.90. The van der Waals surface area contributed by atoms with Crippen LogP contribution in [0.15, 0.2) is 47.6 Å². The molecular weight excluding hydrogens is 390 g/mol. The van der Waals surface area contributed by atoms with Gasteiger partial charge < -0.3 is 9.47 Å². The second-order valence-electron chi connectivity index (χ2n) is 5.95. The van der Waals surface area contributed by atoms with E-state index in [9.17, 15) is 8.42 Å². The number of anilines is 1. The van der Waals surface area contributed by atoms with Crippen LogP contribution >= 0.6 is 11.6 Å². The topological polar surface area (TPSA) is 82.5 Å². The Morgan fingerprint density at radius 1 is 1.15 bits per heavy atom. The number of hydrogen-bond acceptors (Lipinski definition) is 5. The lowest BCUT2D eigenvalue weighted by atomic mass is 10.1. The Labute approximate surface area is 161 Å². The van der Waals surface area contributed by atoms with Gasteiger partial charge in [0.05, 0.1) is 36.8 Å². The molecule has 1 N–H and O–H groups in total. The van der Waals surface area contributed by atoms with E-state index in [-0.39, 0.29) is 5.03 Å². The Hall–Kier alpha value is -2.71. The lowest BCUT2D eigenvalue weighted by Crippen LogP contribution is -2.17. The van der Waals surface area contributed by atoms with E-state index in [1.807, 2.05) is 6.07 Å². The lowest BCUT2D eigenvalue weighted by molar-refractivity contribution is 0.354. The molecule has 0 radical (unpaired) electrons. The average molecular weight is 406 g/mol. The van der Waals surface area contributed by atoms with E-state index in [0.717, 1.165) is 5.56 Å². The summed E-state index contributed by atoms with van der Waals surface area (Å²) in [4.78, 5) is 4.28. The van der Waals surface area contributed by atoms with Gasteiger partial charge in [0.1, 0.15) is 5.82 Å². The molecule has 2 aromatic carbocycles. The van der Waals surface area contributed by atoms with Crippen LogP contribution in [0.5, 0.6) is 11.5 Å². The number of hydrogen-bond donors (Lipinski definition) is 1. The molecule has 0 saturated carbocycles. The first-order valence-electron chi connectivity index (χ1n) is 8.04. The normalized spacial score (nSPS) is 12.4. The number of aromatic nitrogens is 2. The summed E-state index contributed by atoms with van der Waals surface area (Å²) in [5.41, 5.74) is 1.91. The molecule has 3 aromatic rings. The largest absolute Gasteiger partial charge is 0.493 e. The fraction of sp³-hybridized carbons (Fsp3) is 0.167. The number of rotatable bonds is 5. The Balaban J connectivity index is 1.81. The van der Waals surface area contributed by atoms with Crippen LogP contribution in [0.1, 0.15) is 11.4 Å². The SMILES string of the molecule is COc1cc2c(cc1OC)-n1c(S(=O)(=O)Nc3ccccc3Cl)cnc1C2. The highest BCUT2D eigenvalue weighted by Gasteiger charge is 2.30. The van der Waals surface area contributed by atoms with Crippen molar-refractivity contribution in [1.82, 2.24) is 9.55 Å². The third-order valence-corrected chi connectivity index (χ3v) is 6.03. The molecule has 0 saturated heterocycles. The summed E-state index contributed by atoms with van der Waals surface area (Å²) in [5, 5.41) is 0.345. The number of fused-ring (bicyclic) bond motifs is 3. The summed E-state index contributed by atoms with van der Waals surface area (Å²) < 4.78 is 40.8. The van der Waals surface area contributed by atoms with Gasteiger partial charge in [-0.3, -0.25) is 9.29 Å². The summed E-state index contributed by atoms with van der Waals surface area (Å²) in [6.07, 6.45) is 1.84. The predicted molar refractivity (Wildman–Crippen MR) is 102 cm³/mol. The van der Waals surface area contributed by atoms with Crippen molar-refractivity contribution in [2.24, 2.45) is 0 Å². The van der Waals surface area contributed by atoms with E-state index in [1.165, 1.54) is 13.3 Å². The summed E-state index contributed by atoms with van der Waals surface area (Å²) >= 11 is 6.08. The van der Waals surface area contributed by atoms with Crippen molar-refractivity contribution in [3.05, 3.63) is 59.0 Å². The molecule has 0 fully saturated rings. The van der Waals surface area contributed by atoms with Crippen molar-refractivity contribution in [3.63, 3.8) is 0 Å². The minimum Gasteiger partial charge on any atom is -0.493 e. The standard InChI is InChI=1S/C18H16ClN3O4S/c1-25-15-7-11-8-17-20-10-18(22(17)14(11)9-16(15)26-2)27(23,24)21-13-6-4-3-5-12(13)19/h3-7,9-10,21H,8H2,1-2H3. The maximum absolute atomic E-state index is 13.0. The van der Waals surface area contributed by atoms with Crippen LogP contribution in [-0.2, 0) is 16.4 Å². The molecule has 0 atom stereocenters. The van der Waals surface area contributed by atoms with Crippen molar-refractivity contribution >= 4 is 27.3 Å². The monoisotopic (exact) mass is 405 g/mol. The van der Waals surface area contributed by atoms with Gasteiger partial charge in [-0.2, -0.15) is 8.42 Å². The Morgan fingerprint density at radius 2 is 1.85 bits per heavy atom. The fourth-order valence-electron chi connectivity index (χ4n) is 3.12. The summed E-state index contributed by atoms with van der Waals surface area (Å²) in [7, 11) is -0.813. The number of imidazole rings is 1. The zero-order valence-corrected chi connectivity index (χ0v) is 16.1. The van der Waals surface area contributed by atoms with E-state index >= 15 is 0 Å². The molecule has 0 unspecified atom stereocenters. The fourth-order valence-corrected chi connectivity index (χ4v) is 4.56. The summed E-state index contributed by atoms with van der Waals surface area (Å²) in [5.74, 6) is 1.72. The number of ether oxygens (including phenoxy) is 2. The van der Waals surface area contributed by atoms with Gasteiger partial charge in [-0.1, -0.05) is 23.7 Å². The van der Waals surface area contributed by atoms with Crippen molar-refractivity contribution in [1.29, 1.82) is 0 Å². The quantitative estimate of drug-likeness (QED) is 0.551. The van der Waals surface area contributed by atoms with E-state index < -0.39 is 10.0 Å². The first-order chi connectivity index (χ1) is 12.9. The molecule has 4 rings (SSSR count). The van der Waals surface area contributed by atoms with Crippen LogP contribution in [0.25, 0.3) is 5.69 Å². The zero-order chi connectivity index (χ0) is 19.2. The molecule has 140 valence electrons. The van der Waals surface area contributed by atoms with Crippen molar-refractivity contribution < 1.29 is 17.9 Å². The van der Waals surface area contributed by atoms with Gasteiger partial charge in [-0.25, -0.2) is 4.98 Å². The maximum atomic E-state index is 13.0. The summed E-state index contributed by atoms with van der Waals surface area (Å²) in [6.45, 7) is 0. The molecule has 2 heterocycles. The van der Waals surface area contributed by atoms with Gasteiger partial charge in [0.15, 0.2) is 16.5 Å². The Kier molecular flexibility index (Phi) is 4.24. The number of nitrogens with one attached hydrogen (secondary N) is 1. The van der Waals surface area contributed by atoms with Gasteiger partial charge in [-0.15, -0.1) is 0 Å². The average Bonchev–Trinajstić information content (AvgIpc) is 3.21. The van der Waals surface area contributed by atoms with E-state index in [1.54, 1.807) is 42.0 Å². The van der Waals surface area contributed by atoms with Gasteiger partial charge in [0.25, 0.3) is 10.0 Å². The number of benzene rings is 2. The van der Waals surface area contributed by atoms with E-state index in [4.69, 9.17) is 21.1 Å². The van der Waals surface area contributed by atoms with Gasteiger partial charge >= 0.3 is 0 Å². The van der Waals surface area contributed by atoms with Gasteiger partial charge in [0, 0.05) is 12.5 Å². The van der Waals surface area contributed by atoms with Crippen LogP contribution in [-0.4, -0.2) is 32.2 Å². The van der Waals surface area contributed by atoms with E-state index in [2.05, 4.69) is 9.71 Å². The number of methoxy groups -OCH3 is 2. The molecule has 1 aromatic heterocycles. The molecule has 9 heteroatoms. The third-order valence-electron chi connectivity index (χ3n) is 4.37. The Morgan fingerprint density at radius 3 is 2.56 bits per heavy atom. The van der Waals surface area contributed by atoms with Crippen LogP contribution in [0.3, 0.4) is 0 Å². The summed E-state index contributed by atoms with van der Waals surface area (Å²) in [6, 6.07) is 10.2. The molecule has 27 heavy (non-hydrogen) atoms. The Bertz CT molecular complexity index is 1140. The van der Waals surface area contributed by atoms with Crippen LogP contribution in [0, 0.1) is 0 Å². The van der Waals surface area contributed by atoms with Crippen LogP contribution in [0.2, 0.25) is 5.02 Å². The van der Waals surface area contributed by atoms with Gasteiger partial charge in [0.2, 0.25) is 0 Å². The molecule has 1 aliphatic rings. The van der Waals surface area contributed by atoms with Crippen LogP contribution in [0.4, 0.5) is 5.69 Å². The van der Waals surface area contributed by atoms with Crippen molar-refractivity contribution in [3.8, 4) is 17.2 Å². The van der Waals surface area contributed by atoms with Crippen molar-refractivity contribution in [2.75, 3.05) is 18.9 Å². The highest BCUT2D eigenvalue weighted by Crippen LogP contribution is 2.39. The second-order valence-corrected chi connectivity index (χ2v) is 7.98. The molecule has 0 spiro atoms. The lowest BCUT2D eigenvalue weighted by Gasteiger charge is -2.14. The number of para-hydroxylation sites is 1. The highest BCUT2D eigenvalue weighted by atomic mass is 35.5. The predicted octanol–water partition coefficient (Wildman–Crippen LogP) is 3.25. The number of sulfonamides is 1. The minimum absolute atomic E-state index is 0.0309. The van der Waals surface area contributed by atoms with Crippen molar-refractivity contribution in [2.45, 2.75) is 11.4 Å². The second kappa shape index (κ2) is 6.47. The third kappa shape index (κ3) is 2.90. The molecular formula is C18H16ClN3O4S.